The summed E-state index contributed by atoms with van der Waals surface area (Å²) < 4.78 is 30.9. The molecule has 94 valence electrons. The molecule has 0 aliphatic carbocycles. The van der Waals surface area contributed by atoms with Crippen molar-refractivity contribution in [2.75, 3.05) is 6.61 Å². The van der Waals surface area contributed by atoms with Crippen molar-refractivity contribution in [3.63, 3.8) is 0 Å². The predicted molar refractivity (Wildman–Crippen MR) is 59.5 cm³/mol. The number of hydrogen-bond donors (Lipinski definition) is 0. The normalized spacial score (nSPS) is 12.0. The summed E-state index contributed by atoms with van der Waals surface area (Å²) in [6.45, 7) is 3.35. The number of ether oxygens (including phenoxy) is 1. The van der Waals surface area contributed by atoms with E-state index in [4.69, 9.17) is 0 Å². The third-order valence-electron chi connectivity index (χ3n) is 2.05. The van der Waals surface area contributed by atoms with E-state index >= 15 is 0 Å². The van der Waals surface area contributed by atoms with Gasteiger partial charge >= 0.3 is 5.97 Å². The molecule has 0 bridgehead atoms. The lowest BCUT2D eigenvalue weighted by atomic mass is 10.1. The first kappa shape index (κ1) is 15.1. The summed E-state index contributed by atoms with van der Waals surface area (Å²) in [5, 5.41) is 0. The van der Waals surface area contributed by atoms with Crippen molar-refractivity contribution in [2.45, 2.75) is 51.9 Å². The van der Waals surface area contributed by atoms with Crippen LogP contribution in [0, 0.1) is 0 Å². The van der Waals surface area contributed by atoms with Crippen LogP contribution in [0.15, 0.2) is 12.2 Å². The maximum atomic E-state index is 13.1. The monoisotopic (exact) mass is 234 g/mol. The zero-order chi connectivity index (χ0) is 12.4. The summed E-state index contributed by atoms with van der Waals surface area (Å²) in [5.74, 6) is -3.21. The van der Waals surface area contributed by atoms with E-state index in [0.29, 0.717) is 6.42 Å². The quantitative estimate of drug-likeness (QED) is 0.363. The summed E-state index contributed by atoms with van der Waals surface area (Å²) in [5.41, 5.74) is 0. The van der Waals surface area contributed by atoms with Crippen LogP contribution in [0.1, 0.15) is 46.0 Å². The Hall–Kier alpha value is -0.930. The molecule has 16 heavy (non-hydrogen) atoms. The first-order valence-electron chi connectivity index (χ1n) is 5.67. The summed E-state index contributed by atoms with van der Waals surface area (Å²) >= 11 is 0. The van der Waals surface area contributed by atoms with Crippen LogP contribution in [0.3, 0.4) is 0 Å². The van der Waals surface area contributed by atoms with E-state index in [2.05, 4.69) is 4.74 Å². The largest absolute Gasteiger partial charge is 0.466 e. The highest BCUT2D eigenvalue weighted by Gasteiger charge is 2.23. The molecule has 0 aliphatic rings. The molecule has 0 aromatic heterocycles. The number of halogens is 2. The first-order valence-corrected chi connectivity index (χ1v) is 5.67. The zero-order valence-electron chi connectivity index (χ0n) is 9.97. The molecule has 0 atom stereocenters. The Bertz CT molecular complexity index is 225. The van der Waals surface area contributed by atoms with E-state index in [1.54, 1.807) is 0 Å². The number of esters is 1. The Morgan fingerprint density at radius 3 is 2.62 bits per heavy atom. The molecule has 4 heteroatoms. The van der Waals surface area contributed by atoms with E-state index in [9.17, 15) is 13.6 Å². The molecular weight excluding hydrogens is 214 g/mol. The maximum absolute atomic E-state index is 13.1. The Morgan fingerprint density at radius 1 is 1.38 bits per heavy atom. The summed E-state index contributed by atoms with van der Waals surface area (Å²) in [7, 11) is 0. The second kappa shape index (κ2) is 8.25. The average molecular weight is 234 g/mol. The highest BCUT2D eigenvalue weighted by atomic mass is 19.3. The van der Waals surface area contributed by atoms with Crippen LogP contribution >= 0.6 is 0 Å². The van der Waals surface area contributed by atoms with Gasteiger partial charge in [-0.15, -0.1) is 0 Å². The van der Waals surface area contributed by atoms with Gasteiger partial charge in [0.25, 0.3) is 5.92 Å². The van der Waals surface area contributed by atoms with Gasteiger partial charge < -0.3 is 4.74 Å². The number of allylic oxidation sites excluding steroid dienone is 2. The smallest absolute Gasteiger partial charge is 0.302 e. The summed E-state index contributed by atoms with van der Waals surface area (Å²) in [6.07, 6.45) is 5.01. The fourth-order valence-electron chi connectivity index (χ4n) is 1.18. The second-order valence-corrected chi connectivity index (χ2v) is 3.75. The van der Waals surface area contributed by atoms with Crippen LogP contribution in [0.5, 0.6) is 0 Å². The van der Waals surface area contributed by atoms with Gasteiger partial charge in [0.15, 0.2) is 0 Å². The first-order chi connectivity index (χ1) is 7.48. The van der Waals surface area contributed by atoms with Gasteiger partial charge in [0, 0.05) is 13.3 Å². The Balaban J connectivity index is 3.68. The molecule has 0 radical (unpaired) electrons. The lowest BCUT2D eigenvalue weighted by molar-refractivity contribution is -0.141. The lowest BCUT2D eigenvalue weighted by Crippen LogP contribution is -2.13. The van der Waals surface area contributed by atoms with Crippen LogP contribution in [-0.2, 0) is 9.53 Å². The number of rotatable bonds is 8. The minimum atomic E-state index is -2.78. The molecule has 0 rings (SSSR count). The molecule has 0 spiro atoms. The number of unbranched alkanes of at least 4 members (excludes halogenated alkanes) is 2. The van der Waals surface area contributed by atoms with E-state index in [1.807, 2.05) is 6.92 Å². The standard InChI is InChI=1S/C12H20F2O2/c1-3-4-5-6-8-12(13,14)9-7-10-16-11(2)15/h6,8H,3-5,7,9-10H2,1-2H3. The number of alkyl halides is 2. The molecule has 0 aliphatic heterocycles. The number of hydrogen-bond acceptors (Lipinski definition) is 2. The fraction of sp³-hybridized carbons (Fsp3) is 0.750. The maximum Gasteiger partial charge on any atom is 0.302 e. The molecular formula is C12H20F2O2. The third kappa shape index (κ3) is 9.62. The molecule has 0 aromatic rings. The minimum absolute atomic E-state index is 0.0632. The summed E-state index contributed by atoms with van der Waals surface area (Å²) in [4.78, 5) is 10.4. The number of carbonyl (C=O) groups is 1. The van der Waals surface area contributed by atoms with Crippen LogP contribution in [-0.4, -0.2) is 18.5 Å². The van der Waals surface area contributed by atoms with Gasteiger partial charge in [-0.3, -0.25) is 4.79 Å². The Labute approximate surface area is 95.7 Å². The van der Waals surface area contributed by atoms with Crippen molar-refractivity contribution in [1.29, 1.82) is 0 Å². The molecule has 2 nitrogen and oxygen atoms in total. The van der Waals surface area contributed by atoms with Gasteiger partial charge in [-0.05, 0) is 18.9 Å². The molecule has 0 heterocycles. The van der Waals surface area contributed by atoms with E-state index < -0.39 is 11.9 Å². The molecule has 0 saturated heterocycles. The Kier molecular flexibility index (Phi) is 7.77. The zero-order valence-corrected chi connectivity index (χ0v) is 9.97. The van der Waals surface area contributed by atoms with E-state index in [0.717, 1.165) is 18.9 Å². The van der Waals surface area contributed by atoms with Crippen LogP contribution in [0.2, 0.25) is 0 Å². The van der Waals surface area contributed by atoms with E-state index in [1.165, 1.54) is 13.0 Å². The van der Waals surface area contributed by atoms with Gasteiger partial charge in [0.2, 0.25) is 0 Å². The molecule has 0 amide bonds. The van der Waals surface area contributed by atoms with Crippen molar-refractivity contribution < 1.29 is 18.3 Å². The van der Waals surface area contributed by atoms with Crippen molar-refractivity contribution in [1.82, 2.24) is 0 Å². The van der Waals surface area contributed by atoms with Crippen molar-refractivity contribution in [2.24, 2.45) is 0 Å². The van der Waals surface area contributed by atoms with Crippen LogP contribution < -0.4 is 0 Å². The highest BCUT2D eigenvalue weighted by molar-refractivity contribution is 5.65. The SMILES string of the molecule is CCCCC=CC(F)(F)CCCOC(C)=O. The van der Waals surface area contributed by atoms with Crippen LogP contribution in [0.4, 0.5) is 8.78 Å². The van der Waals surface area contributed by atoms with Crippen LogP contribution in [0.25, 0.3) is 0 Å². The third-order valence-corrected chi connectivity index (χ3v) is 2.05. The Morgan fingerprint density at radius 2 is 2.06 bits per heavy atom. The minimum Gasteiger partial charge on any atom is -0.466 e. The molecule has 0 aromatic carbocycles. The topological polar surface area (TPSA) is 26.3 Å². The average Bonchev–Trinajstić information content (AvgIpc) is 2.19. The van der Waals surface area contributed by atoms with Gasteiger partial charge in [-0.2, -0.15) is 0 Å². The lowest BCUT2D eigenvalue weighted by Gasteiger charge is -2.11. The fourth-order valence-corrected chi connectivity index (χ4v) is 1.18. The molecule has 0 unspecified atom stereocenters. The molecule has 0 N–H and O–H groups in total. The van der Waals surface area contributed by atoms with Crippen molar-refractivity contribution >= 4 is 5.97 Å². The summed E-state index contributed by atoms with van der Waals surface area (Å²) in [6, 6.07) is 0. The van der Waals surface area contributed by atoms with E-state index in [-0.39, 0.29) is 19.4 Å². The number of carbonyl (C=O) groups excluding carboxylic acids is 1. The van der Waals surface area contributed by atoms with Crippen molar-refractivity contribution in [3.05, 3.63) is 12.2 Å². The van der Waals surface area contributed by atoms with Gasteiger partial charge in [0.05, 0.1) is 6.61 Å². The van der Waals surface area contributed by atoms with Gasteiger partial charge in [0.1, 0.15) is 0 Å². The highest BCUT2D eigenvalue weighted by Crippen LogP contribution is 2.22. The molecule has 0 saturated carbocycles. The van der Waals surface area contributed by atoms with Gasteiger partial charge in [-0.25, -0.2) is 8.78 Å². The van der Waals surface area contributed by atoms with Crippen molar-refractivity contribution in [3.8, 4) is 0 Å². The second-order valence-electron chi connectivity index (χ2n) is 3.75. The molecule has 0 fully saturated rings. The van der Waals surface area contributed by atoms with Gasteiger partial charge in [-0.1, -0.05) is 25.8 Å². The predicted octanol–water partition coefficient (Wildman–Crippen LogP) is 3.71.